The molecule has 1 aromatic heterocycles. The lowest BCUT2D eigenvalue weighted by atomic mass is 9.83. The molecule has 2 N–H and O–H groups in total. The molecule has 2 atom stereocenters. The van der Waals surface area contributed by atoms with Crippen molar-refractivity contribution < 1.29 is 24.1 Å². The lowest BCUT2D eigenvalue weighted by Gasteiger charge is -2.36. The molecule has 3 aromatic rings. The molecule has 1 fully saturated rings. The van der Waals surface area contributed by atoms with Crippen LogP contribution in [0.25, 0.3) is 0 Å². The molecule has 1 aliphatic heterocycles. The summed E-state index contributed by atoms with van der Waals surface area (Å²) in [7, 11) is 0. The summed E-state index contributed by atoms with van der Waals surface area (Å²) in [5, 5.41) is 30.6. The Morgan fingerprint density at radius 3 is 2.61 bits per heavy atom. The summed E-state index contributed by atoms with van der Waals surface area (Å²) in [5.41, 5.74) is 0.200. The molecule has 1 amide bonds. The van der Waals surface area contributed by atoms with Crippen LogP contribution in [0.5, 0.6) is 0 Å². The molecule has 1 saturated carbocycles. The van der Waals surface area contributed by atoms with Gasteiger partial charge in [0.05, 0.1) is 35.1 Å². The van der Waals surface area contributed by atoms with Crippen LogP contribution in [-0.2, 0) is 10.3 Å². The molecule has 0 bridgehead atoms. The molecular weight excluding hydrogens is 509 g/mol. The summed E-state index contributed by atoms with van der Waals surface area (Å²) in [6, 6.07) is 14.0. The normalized spacial score (nSPS) is 21.6. The SMILES string of the molecule is CC(C)(O)c1cc(F)c2c(c1)C(=O)N([C@H](c1ccc(Cl)cc1)c1ncccc1C#N)C2OCC1CC(O)C1. The number of nitriles is 1. The average Bonchev–Trinajstić information content (AvgIpc) is 3.14. The Hall–Kier alpha value is -3.35. The minimum absolute atomic E-state index is 0.0660. The van der Waals surface area contributed by atoms with Crippen molar-refractivity contribution in [1.29, 1.82) is 5.26 Å². The topological polar surface area (TPSA) is 107 Å². The van der Waals surface area contributed by atoms with E-state index < -0.39 is 35.7 Å². The van der Waals surface area contributed by atoms with Gasteiger partial charge < -0.3 is 14.9 Å². The average molecular weight is 536 g/mol. The van der Waals surface area contributed by atoms with Crippen molar-refractivity contribution in [1.82, 2.24) is 9.88 Å². The van der Waals surface area contributed by atoms with Gasteiger partial charge in [0.2, 0.25) is 0 Å². The lowest BCUT2D eigenvalue weighted by Crippen LogP contribution is -2.38. The Morgan fingerprint density at radius 1 is 1.26 bits per heavy atom. The number of carbonyl (C=O) groups is 1. The van der Waals surface area contributed by atoms with Crippen LogP contribution in [0.3, 0.4) is 0 Å². The van der Waals surface area contributed by atoms with Crippen molar-refractivity contribution >= 4 is 17.5 Å². The number of halogens is 2. The number of fused-ring (bicyclic) bond motifs is 1. The first kappa shape index (κ1) is 26.3. The molecule has 2 aromatic carbocycles. The number of aliphatic hydroxyl groups is 2. The fraction of sp³-hybridized carbons (Fsp3) is 0.345. The van der Waals surface area contributed by atoms with Gasteiger partial charge in [-0.15, -0.1) is 0 Å². The van der Waals surface area contributed by atoms with Crippen molar-refractivity contribution in [2.45, 2.75) is 50.7 Å². The number of nitrogens with zero attached hydrogens (tertiary/aromatic N) is 3. The fourth-order valence-corrected chi connectivity index (χ4v) is 5.21. The molecule has 38 heavy (non-hydrogen) atoms. The number of aliphatic hydroxyl groups excluding tert-OH is 1. The van der Waals surface area contributed by atoms with Gasteiger partial charge in [-0.05, 0) is 80.1 Å². The molecule has 5 rings (SSSR count). The summed E-state index contributed by atoms with van der Waals surface area (Å²) in [4.78, 5) is 20.0. The zero-order valence-corrected chi connectivity index (χ0v) is 21.7. The van der Waals surface area contributed by atoms with E-state index in [-0.39, 0.29) is 34.8 Å². The zero-order chi connectivity index (χ0) is 27.2. The summed E-state index contributed by atoms with van der Waals surface area (Å²) in [5.74, 6) is -1.12. The van der Waals surface area contributed by atoms with Crippen LogP contribution in [0.2, 0.25) is 5.02 Å². The monoisotopic (exact) mass is 535 g/mol. The number of amides is 1. The molecule has 1 unspecified atom stereocenters. The maximum Gasteiger partial charge on any atom is 0.257 e. The molecule has 2 heterocycles. The van der Waals surface area contributed by atoms with E-state index >= 15 is 4.39 Å². The highest BCUT2D eigenvalue weighted by atomic mass is 35.5. The van der Waals surface area contributed by atoms with E-state index in [1.165, 1.54) is 37.1 Å². The van der Waals surface area contributed by atoms with Gasteiger partial charge in [-0.2, -0.15) is 5.26 Å². The maximum absolute atomic E-state index is 15.7. The van der Waals surface area contributed by atoms with Crippen molar-refractivity contribution in [2.24, 2.45) is 5.92 Å². The van der Waals surface area contributed by atoms with E-state index in [4.69, 9.17) is 16.3 Å². The van der Waals surface area contributed by atoms with Crippen molar-refractivity contribution in [2.75, 3.05) is 6.61 Å². The van der Waals surface area contributed by atoms with Crippen molar-refractivity contribution in [3.63, 3.8) is 0 Å². The Morgan fingerprint density at radius 2 is 1.97 bits per heavy atom. The van der Waals surface area contributed by atoms with Gasteiger partial charge in [0.1, 0.15) is 17.9 Å². The van der Waals surface area contributed by atoms with E-state index in [1.54, 1.807) is 36.4 Å². The van der Waals surface area contributed by atoms with Crippen LogP contribution in [-0.4, -0.2) is 38.7 Å². The number of rotatable bonds is 7. The van der Waals surface area contributed by atoms with E-state index in [9.17, 15) is 20.3 Å². The standard InChI is InChI=1S/C29H27ClFN3O4/c1-29(2,37)19-12-22-24(23(31)13-19)28(38-15-16-10-21(35)11-16)34(27(22)36)26(17-5-7-20(30)8-6-17)25-18(14-32)4-3-9-33-25/h3-9,12-13,16,21,26,28,35,37H,10-11,15H2,1-2H3/t16?,21?,26-,28?/m1/s1. The van der Waals surface area contributed by atoms with Crippen LogP contribution in [0, 0.1) is 23.1 Å². The van der Waals surface area contributed by atoms with Crippen molar-refractivity contribution in [3.8, 4) is 6.07 Å². The van der Waals surface area contributed by atoms with Crippen LogP contribution < -0.4 is 0 Å². The molecule has 196 valence electrons. The van der Waals surface area contributed by atoms with Gasteiger partial charge in [-0.25, -0.2) is 4.39 Å². The summed E-state index contributed by atoms with van der Waals surface area (Å²) in [6.45, 7) is 3.24. The Labute approximate surface area is 225 Å². The second kappa shape index (κ2) is 10.1. The van der Waals surface area contributed by atoms with Crippen LogP contribution in [0.4, 0.5) is 4.39 Å². The Kier molecular flexibility index (Phi) is 6.97. The Bertz CT molecular complexity index is 1410. The molecule has 7 nitrogen and oxygen atoms in total. The van der Waals surface area contributed by atoms with Gasteiger partial charge in [0.15, 0.2) is 6.23 Å². The summed E-state index contributed by atoms with van der Waals surface area (Å²) < 4.78 is 22.0. The lowest BCUT2D eigenvalue weighted by molar-refractivity contribution is -0.0898. The number of ether oxygens (including phenoxy) is 1. The number of pyridine rings is 1. The third kappa shape index (κ3) is 4.79. The van der Waals surface area contributed by atoms with E-state index in [0.717, 1.165) is 0 Å². The van der Waals surface area contributed by atoms with E-state index in [1.807, 2.05) is 0 Å². The largest absolute Gasteiger partial charge is 0.393 e. The van der Waals surface area contributed by atoms with Crippen LogP contribution in [0.15, 0.2) is 54.7 Å². The van der Waals surface area contributed by atoms with Gasteiger partial charge in [0, 0.05) is 16.8 Å². The smallest absolute Gasteiger partial charge is 0.257 e. The third-order valence-corrected chi connectivity index (χ3v) is 7.43. The molecule has 9 heteroatoms. The van der Waals surface area contributed by atoms with Gasteiger partial charge in [-0.1, -0.05) is 23.7 Å². The van der Waals surface area contributed by atoms with Gasteiger partial charge >= 0.3 is 0 Å². The quantitative estimate of drug-likeness (QED) is 0.441. The number of benzene rings is 2. The van der Waals surface area contributed by atoms with E-state index in [0.29, 0.717) is 29.1 Å². The highest BCUT2D eigenvalue weighted by Gasteiger charge is 2.46. The highest BCUT2D eigenvalue weighted by Crippen LogP contribution is 2.46. The first-order chi connectivity index (χ1) is 18.1. The maximum atomic E-state index is 15.7. The third-order valence-electron chi connectivity index (χ3n) is 7.18. The molecule has 1 aliphatic carbocycles. The predicted octanol–water partition coefficient (Wildman–Crippen LogP) is 5.00. The zero-order valence-electron chi connectivity index (χ0n) is 20.9. The molecule has 2 aliphatic rings. The first-order valence-corrected chi connectivity index (χ1v) is 12.8. The minimum atomic E-state index is -1.38. The second-order valence-corrected chi connectivity index (χ2v) is 10.8. The van der Waals surface area contributed by atoms with Crippen LogP contribution >= 0.6 is 11.6 Å². The van der Waals surface area contributed by atoms with Gasteiger partial charge in [-0.3, -0.25) is 14.7 Å². The van der Waals surface area contributed by atoms with Crippen molar-refractivity contribution in [3.05, 3.63) is 99.1 Å². The van der Waals surface area contributed by atoms with E-state index in [2.05, 4.69) is 11.1 Å². The number of hydrogen-bond acceptors (Lipinski definition) is 6. The molecular formula is C29H27ClFN3O4. The minimum Gasteiger partial charge on any atom is -0.393 e. The highest BCUT2D eigenvalue weighted by molar-refractivity contribution is 6.30. The Balaban J connectivity index is 1.67. The second-order valence-electron chi connectivity index (χ2n) is 10.4. The first-order valence-electron chi connectivity index (χ1n) is 12.4. The molecule has 0 spiro atoms. The number of aromatic nitrogens is 1. The number of hydrogen-bond donors (Lipinski definition) is 2. The summed E-state index contributed by atoms with van der Waals surface area (Å²) in [6.07, 6.45) is 1.14. The van der Waals surface area contributed by atoms with Gasteiger partial charge in [0.25, 0.3) is 5.91 Å². The molecule has 0 saturated heterocycles. The van der Waals surface area contributed by atoms with Crippen LogP contribution in [0.1, 0.15) is 77.3 Å². The number of carbonyl (C=O) groups excluding carboxylic acids is 1. The predicted molar refractivity (Wildman–Crippen MR) is 137 cm³/mol. The summed E-state index contributed by atoms with van der Waals surface area (Å²) >= 11 is 6.14. The fourth-order valence-electron chi connectivity index (χ4n) is 5.09. The molecule has 0 radical (unpaired) electrons.